The molecule has 0 bridgehead atoms. The summed E-state index contributed by atoms with van der Waals surface area (Å²) in [5.74, 6) is 0.0548. The van der Waals surface area contributed by atoms with Crippen LogP contribution in [0.5, 0.6) is 0 Å². The molecule has 0 unspecified atom stereocenters. The lowest BCUT2D eigenvalue weighted by Gasteiger charge is -2.05. The molecule has 1 aromatic carbocycles. The Morgan fingerprint density at radius 3 is 2.94 bits per heavy atom. The largest absolute Gasteiger partial charge is 0.369 e. The summed E-state index contributed by atoms with van der Waals surface area (Å²) < 4.78 is 16.6. The fraction of sp³-hybridized carbons (Fsp3) is 0.182. The van der Waals surface area contributed by atoms with E-state index in [1.54, 1.807) is 23.1 Å². The summed E-state index contributed by atoms with van der Waals surface area (Å²) in [7, 11) is 0. The third kappa shape index (κ3) is 1.79. The Hall–Kier alpha value is -2.44. The van der Waals surface area contributed by atoms with Gasteiger partial charge in [0.25, 0.3) is 0 Å². The van der Waals surface area contributed by atoms with Gasteiger partial charge in [-0.3, -0.25) is 4.68 Å². The molecular weight excluding hydrogens is 235 g/mol. The number of nitrogens with two attached hydrogens (primary N) is 1. The molecule has 18 heavy (non-hydrogen) atoms. The number of halogens is 1. The summed E-state index contributed by atoms with van der Waals surface area (Å²) >= 11 is 0. The average Bonchev–Trinajstić information content (AvgIpc) is 2.93. The number of aryl methyl sites for hydroxylation is 2. The molecule has 0 aliphatic heterocycles. The number of nitrogen functional groups attached to an aromatic ring is 1. The molecule has 0 spiro atoms. The predicted octanol–water partition coefficient (Wildman–Crippen LogP) is 1.05. The van der Waals surface area contributed by atoms with Crippen molar-refractivity contribution in [2.24, 2.45) is 0 Å². The van der Waals surface area contributed by atoms with Crippen LogP contribution in [-0.4, -0.2) is 24.5 Å². The molecule has 2 N–H and O–H groups in total. The first kappa shape index (κ1) is 10.7. The van der Waals surface area contributed by atoms with E-state index in [1.165, 1.54) is 12.1 Å². The molecule has 3 rings (SSSR count). The van der Waals surface area contributed by atoms with Crippen LogP contribution in [-0.2, 0) is 13.1 Å². The smallest absolute Gasteiger partial charge is 0.201 e. The van der Waals surface area contributed by atoms with Crippen LogP contribution in [0.3, 0.4) is 0 Å². The van der Waals surface area contributed by atoms with Crippen molar-refractivity contribution in [1.29, 1.82) is 0 Å². The van der Waals surface area contributed by atoms with Crippen molar-refractivity contribution in [3.63, 3.8) is 0 Å². The van der Waals surface area contributed by atoms with Gasteiger partial charge in [-0.05, 0) is 12.1 Å². The van der Waals surface area contributed by atoms with Crippen LogP contribution in [0.2, 0.25) is 0 Å². The van der Waals surface area contributed by atoms with Crippen molar-refractivity contribution in [3.8, 4) is 0 Å². The number of fused-ring (bicyclic) bond motifs is 1. The number of anilines is 1. The van der Waals surface area contributed by atoms with Crippen molar-refractivity contribution in [1.82, 2.24) is 24.5 Å². The maximum absolute atomic E-state index is 13.1. The summed E-state index contributed by atoms with van der Waals surface area (Å²) in [5.41, 5.74) is 7.20. The van der Waals surface area contributed by atoms with Crippen LogP contribution in [0, 0.1) is 5.82 Å². The molecule has 0 saturated carbocycles. The van der Waals surface area contributed by atoms with E-state index < -0.39 is 0 Å². The molecule has 0 atom stereocenters. The first-order chi connectivity index (χ1) is 8.74. The SMILES string of the molecule is Nc1nc2cc(F)ccc2n1CCn1ccnn1. The van der Waals surface area contributed by atoms with Crippen molar-refractivity contribution in [2.75, 3.05) is 5.73 Å². The normalized spacial score (nSPS) is 11.2. The second-order valence-corrected chi connectivity index (χ2v) is 3.92. The number of imidazole rings is 1. The predicted molar refractivity (Wildman–Crippen MR) is 64.1 cm³/mol. The van der Waals surface area contributed by atoms with Gasteiger partial charge in [-0.25, -0.2) is 9.37 Å². The first-order valence-electron chi connectivity index (χ1n) is 5.49. The Kier molecular flexibility index (Phi) is 2.44. The average molecular weight is 246 g/mol. The fourth-order valence-electron chi connectivity index (χ4n) is 1.91. The number of aromatic nitrogens is 5. The highest BCUT2D eigenvalue weighted by Crippen LogP contribution is 2.18. The zero-order chi connectivity index (χ0) is 12.5. The molecule has 0 saturated heterocycles. The van der Waals surface area contributed by atoms with Crippen LogP contribution in [0.1, 0.15) is 0 Å². The number of nitrogens with zero attached hydrogens (tertiary/aromatic N) is 5. The van der Waals surface area contributed by atoms with E-state index in [2.05, 4.69) is 15.3 Å². The highest BCUT2D eigenvalue weighted by molar-refractivity contribution is 5.78. The second kappa shape index (κ2) is 4.10. The molecule has 0 aliphatic carbocycles. The Morgan fingerprint density at radius 1 is 1.28 bits per heavy atom. The van der Waals surface area contributed by atoms with Gasteiger partial charge in [-0.2, -0.15) is 0 Å². The lowest BCUT2D eigenvalue weighted by Crippen LogP contribution is -2.10. The maximum Gasteiger partial charge on any atom is 0.201 e. The van der Waals surface area contributed by atoms with E-state index in [0.29, 0.717) is 24.6 Å². The Bertz CT molecular complexity index is 672. The summed E-state index contributed by atoms with van der Waals surface area (Å²) in [5, 5.41) is 7.60. The summed E-state index contributed by atoms with van der Waals surface area (Å²) in [4.78, 5) is 4.13. The van der Waals surface area contributed by atoms with E-state index in [9.17, 15) is 4.39 Å². The van der Waals surface area contributed by atoms with Gasteiger partial charge in [0.2, 0.25) is 5.95 Å². The van der Waals surface area contributed by atoms with E-state index in [1.807, 2.05) is 4.57 Å². The van der Waals surface area contributed by atoms with Crippen molar-refractivity contribution < 1.29 is 4.39 Å². The lowest BCUT2D eigenvalue weighted by atomic mass is 10.3. The van der Waals surface area contributed by atoms with E-state index in [4.69, 9.17) is 5.73 Å². The third-order valence-corrected chi connectivity index (χ3v) is 2.76. The summed E-state index contributed by atoms with van der Waals surface area (Å²) in [6.45, 7) is 1.24. The molecule has 3 aromatic rings. The van der Waals surface area contributed by atoms with Crippen LogP contribution in [0.25, 0.3) is 11.0 Å². The zero-order valence-corrected chi connectivity index (χ0v) is 9.49. The van der Waals surface area contributed by atoms with Gasteiger partial charge < -0.3 is 10.3 Å². The van der Waals surface area contributed by atoms with E-state index >= 15 is 0 Å². The van der Waals surface area contributed by atoms with Gasteiger partial charge in [0, 0.05) is 18.8 Å². The van der Waals surface area contributed by atoms with Gasteiger partial charge >= 0.3 is 0 Å². The summed E-state index contributed by atoms with van der Waals surface area (Å²) in [6, 6.07) is 4.45. The highest BCUT2D eigenvalue weighted by atomic mass is 19.1. The van der Waals surface area contributed by atoms with E-state index in [0.717, 1.165) is 5.52 Å². The van der Waals surface area contributed by atoms with Gasteiger partial charge in [0.05, 0.1) is 23.8 Å². The Labute approximate surface area is 102 Å². The molecule has 92 valence electrons. The monoisotopic (exact) mass is 246 g/mol. The van der Waals surface area contributed by atoms with Crippen LogP contribution < -0.4 is 5.73 Å². The van der Waals surface area contributed by atoms with Crippen molar-refractivity contribution in [2.45, 2.75) is 13.1 Å². The van der Waals surface area contributed by atoms with Crippen LogP contribution in [0.4, 0.5) is 10.3 Å². The zero-order valence-electron chi connectivity index (χ0n) is 9.49. The minimum Gasteiger partial charge on any atom is -0.369 e. The minimum atomic E-state index is -0.316. The highest BCUT2D eigenvalue weighted by Gasteiger charge is 2.08. The topological polar surface area (TPSA) is 74.5 Å². The van der Waals surface area contributed by atoms with Crippen molar-refractivity contribution >= 4 is 17.0 Å². The van der Waals surface area contributed by atoms with E-state index in [-0.39, 0.29) is 5.82 Å². The molecular formula is C11H11FN6. The molecule has 0 aliphatic rings. The second-order valence-electron chi connectivity index (χ2n) is 3.92. The quantitative estimate of drug-likeness (QED) is 0.749. The van der Waals surface area contributed by atoms with Crippen molar-refractivity contribution in [3.05, 3.63) is 36.4 Å². The van der Waals surface area contributed by atoms with Gasteiger partial charge in [-0.1, -0.05) is 5.21 Å². The molecule has 0 amide bonds. The van der Waals surface area contributed by atoms with Gasteiger partial charge in [0.15, 0.2) is 0 Å². The Morgan fingerprint density at radius 2 is 2.17 bits per heavy atom. The fourth-order valence-corrected chi connectivity index (χ4v) is 1.91. The molecule has 2 heterocycles. The maximum atomic E-state index is 13.1. The Balaban J connectivity index is 1.93. The first-order valence-corrected chi connectivity index (χ1v) is 5.49. The molecule has 2 aromatic heterocycles. The third-order valence-electron chi connectivity index (χ3n) is 2.76. The molecule has 0 fully saturated rings. The number of hydrogen-bond donors (Lipinski definition) is 1. The van der Waals surface area contributed by atoms with Crippen LogP contribution >= 0.6 is 0 Å². The number of hydrogen-bond acceptors (Lipinski definition) is 4. The van der Waals surface area contributed by atoms with Gasteiger partial charge in [-0.15, -0.1) is 5.10 Å². The lowest BCUT2D eigenvalue weighted by molar-refractivity contribution is 0.529. The molecule has 7 heteroatoms. The molecule has 6 nitrogen and oxygen atoms in total. The standard InChI is InChI=1S/C11H11FN6/c12-8-1-2-10-9(7-8)15-11(13)18(10)6-5-17-4-3-14-16-17/h1-4,7H,5-6H2,(H2,13,15). The van der Waals surface area contributed by atoms with Crippen LogP contribution in [0.15, 0.2) is 30.6 Å². The number of rotatable bonds is 3. The van der Waals surface area contributed by atoms with Gasteiger partial charge in [0.1, 0.15) is 5.82 Å². The molecule has 0 radical (unpaired) electrons. The minimum absolute atomic E-state index is 0.316. The number of benzene rings is 1. The summed E-state index contributed by atoms with van der Waals surface area (Å²) in [6.07, 6.45) is 3.39.